The van der Waals surface area contributed by atoms with Gasteiger partial charge in [0.25, 0.3) is 0 Å². The van der Waals surface area contributed by atoms with E-state index in [9.17, 15) is 0 Å². The predicted octanol–water partition coefficient (Wildman–Crippen LogP) is 3.21. The van der Waals surface area contributed by atoms with Crippen LogP contribution < -0.4 is 10.5 Å². The summed E-state index contributed by atoms with van der Waals surface area (Å²) in [6.45, 7) is 4.16. The monoisotopic (exact) mass is 281 g/mol. The van der Waals surface area contributed by atoms with Crippen LogP contribution in [0.25, 0.3) is 0 Å². The lowest BCUT2D eigenvalue weighted by Gasteiger charge is -2.23. The minimum atomic E-state index is 0.238. The average Bonchev–Trinajstić information content (AvgIpc) is 2.46. The molecule has 3 nitrogen and oxygen atoms in total. The quantitative estimate of drug-likeness (QED) is 0.813. The highest BCUT2D eigenvalue weighted by atomic mass is 32.2. The maximum atomic E-state index is 5.94. The second-order valence-corrected chi connectivity index (χ2v) is 5.98. The zero-order chi connectivity index (χ0) is 13.5. The van der Waals surface area contributed by atoms with Gasteiger partial charge in [0.1, 0.15) is 12.4 Å². The molecule has 1 heterocycles. The van der Waals surface area contributed by atoms with Crippen LogP contribution >= 0.6 is 11.8 Å². The van der Waals surface area contributed by atoms with Crippen molar-refractivity contribution in [3.8, 4) is 5.75 Å². The molecule has 4 heteroatoms. The highest BCUT2D eigenvalue weighted by Crippen LogP contribution is 2.30. The molecule has 106 valence electrons. The molecule has 2 N–H and O–H groups in total. The van der Waals surface area contributed by atoms with Crippen LogP contribution in [0.1, 0.15) is 31.7 Å². The van der Waals surface area contributed by atoms with Crippen LogP contribution in [0.5, 0.6) is 5.75 Å². The number of hydrogen-bond donors (Lipinski definition) is 1. The standard InChI is InChI=1S/C15H23NO2S/c1-2-19-15-8-5-7-14(13(15)10-16)18-11-12-6-3-4-9-17-12/h5,7-8,12H,2-4,6,9-11,16H2,1H3. The molecular formula is C15H23NO2S. The number of benzene rings is 1. The second-order valence-electron chi connectivity index (χ2n) is 4.67. The first kappa shape index (κ1) is 14.7. The fourth-order valence-corrected chi connectivity index (χ4v) is 3.14. The van der Waals surface area contributed by atoms with Gasteiger partial charge in [-0.25, -0.2) is 0 Å². The zero-order valence-corrected chi connectivity index (χ0v) is 12.4. The van der Waals surface area contributed by atoms with Crippen molar-refractivity contribution < 1.29 is 9.47 Å². The minimum absolute atomic E-state index is 0.238. The van der Waals surface area contributed by atoms with Gasteiger partial charge in [0.2, 0.25) is 0 Å². The number of ether oxygens (including phenoxy) is 2. The van der Waals surface area contributed by atoms with Crippen molar-refractivity contribution in [1.29, 1.82) is 0 Å². The van der Waals surface area contributed by atoms with Crippen LogP contribution in [0.4, 0.5) is 0 Å². The molecule has 1 fully saturated rings. The van der Waals surface area contributed by atoms with Crippen LogP contribution in [0.15, 0.2) is 23.1 Å². The Balaban J connectivity index is 2.00. The molecule has 1 aromatic carbocycles. The van der Waals surface area contributed by atoms with Crippen molar-refractivity contribution in [2.24, 2.45) is 5.73 Å². The summed E-state index contributed by atoms with van der Waals surface area (Å²) in [5.41, 5.74) is 6.98. The highest BCUT2D eigenvalue weighted by Gasteiger charge is 2.16. The van der Waals surface area contributed by atoms with Crippen LogP contribution in [0.2, 0.25) is 0 Å². The van der Waals surface area contributed by atoms with E-state index in [0.717, 1.165) is 30.1 Å². The van der Waals surface area contributed by atoms with Crippen LogP contribution in [0.3, 0.4) is 0 Å². The summed E-state index contributed by atoms with van der Waals surface area (Å²) in [5, 5.41) is 0. The van der Waals surface area contributed by atoms with E-state index in [0.29, 0.717) is 13.2 Å². The Morgan fingerprint density at radius 1 is 1.42 bits per heavy atom. The number of thioether (sulfide) groups is 1. The first-order chi connectivity index (χ1) is 9.35. The van der Waals surface area contributed by atoms with Gasteiger partial charge in [-0.05, 0) is 37.1 Å². The largest absolute Gasteiger partial charge is 0.491 e. The summed E-state index contributed by atoms with van der Waals surface area (Å²) in [5.74, 6) is 1.96. The van der Waals surface area contributed by atoms with Gasteiger partial charge in [-0.2, -0.15) is 0 Å². The molecule has 1 aliphatic heterocycles. The van der Waals surface area contributed by atoms with Crippen molar-refractivity contribution in [3.05, 3.63) is 23.8 Å². The smallest absolute Gasteiger partial charge is 0.125 e. The molecule has 1 unspecified atom stereocenters. The van der Waals surface area contributed by atoms with Gasteiger partial charge in [-0.1, -0.05) is 13.0 Å². The third-order valence-corrected chi connectivity index (χ3v) is 4.27. The van der Waals surface area contributed by atoms with E-state index in [1.165, 1.54) is 17.7 Å². The molecule has 1 saturated heterocycles. The fourth-order valence-electron chi connectivity index (χ4n) is 2.29. The molecule has 0 saturated carbocycles. The van der Waals surface area contributed by atoms with Crippen molar-refractivity contribution in [2.45, 2.75) is 43.7 Å². The van der Waals surface area contributed by atoms with E-state index >= 15 is 0 Å². The molecule has 2 rings (SSSR count). The summed E-state index contributed by atoms with van der Waals surface area (Å²) >= 11 is 1.81. The Bertz CT molecular complexity index is 392. The van der Waals surface area contributed by atoms with E-state index in [4.69, 9.17) is 15.2 Å². The molecule has 1 aliphatic rings. The Morgan fingerprint density at radius 3 is 3.00 bits per heavy atom. The Hall–Kier alpha value is -0.710. The summed E-state index contributed by atoms with van der Waals surface area (Å²) in [7, 11) is 0. The zero-order valence-electron chi connectivity index (χ0n) is 11.6. The van der Waals surface area contributed by atoms with E-state index in [1.807, 2.05) is 23.9 Å². The maximum Gasteiger partial charge on any atom is 0.125 e. The van der Waals surface area contributed by atoms with Crippen molar-refractivity contribution in [2.75, 3.05) is 19.0 Å². The van der Waals surface area contributed by atoms with Gasteiger partial charge in [-0.3, -0.25) is 0 Å². The number of hydrogen-bond acceptors (Lipinski definition) is 4. The lowest BCUT2D eigenvalue weighted by molar-refractivity contribution is -0.0112. The van der Waals surface area contributed by atoms with Crippen LogP contribution in [-0.4, -0.2) is 25.1 Å². The van der Waals surface area contributed by atoms with Gasteiger partial charge < -0.3 is 15.2 Å². The van der Waals surface area contributed by atoms with E-state index in [1.54, 1.807) is 0 Å². The molecule has 1 aromatic rings. The lowest BCUT2D eigenvalue weighted by Crippen LogP contribution is -2.26. The highest BCUT2D eigenvalue weighted by molar-refractivity contribution is 7.99. The Kier molecular flexibility index (Phi) is 6.01. The molecule has 0 aliphatic carbocycles. The molecule has 0 aromatic heterocycles. The van der Waals surface area contributed by atoms with E-state index in [-0.39, 0.29) is 6.10 Å². The van der Waals surface area contributed by atoms with E-state index in [2.05, 4.69) is 13.0 Å². The molecule has 1 atom stereocenters. The van der Waals surface area contributed by atoms with E-state index < -0.39 is 0 Å². The Labute approximate surface area is 119 Å². The molecule has 0 amide bonds. The molecule has 0 spiro atoms. The van der Waals surface area contributed by atoms with Crippen molar-refractivity contribution in [3.63, 3.8) is 0 Å². The topological polar surface area (TPSA) is 44.5 Å². The summed E-state index contributed by atoms with van der Waals surface area (Å²) in [6.07, 6.45) is 3.75. The summed E-state index contributed by atoms with van der Waals surface area (Å²) in [4.78, 5) is 1.23. The van der Waals surface area contributed by atoms with Gasteiger partial charge in [0, 0.05) is 23.6 Å². The van der Waals surface area contributed by atoms with Gasteiger partial charge in [0.05, 0.1) is 6.10 Å². The van der Waals surface area contributed by atoms with Gasteiger partial charge >= 0.3 is 0 Å². The second kappa shape index (κ2) is 7.78. The Morgan fingerprint density at radius 2 is 2.32 bits per heavy atom. The lowest BCUT2D eigenvalue weighted by atomic mass is 10.1. The summed E-state index contributed by atoms with van der Waals surface area (Å²) < 4.78 is 11.6. The number of rotatable bonds is 6. The predicted molar refractivity (Wildman–Crippen MR) is 79.8 cm³/mol. The van der Waals surface area contributed by atoms with Crippen molar-refractivity contribution >= 4 is 11.8 Å². The third kappa shape index (κ3) is 4.13. The first-order valence-electron chi connectivity index (χ1n) is 7.04. The number of nitrogens with two attached hydrogens (primary N) is 1. The maximum absolute atomic E-state index is 5.94. The molecule has 0 bridgehead atoms. The fraction of sp³-hybridized carbons (Fsp3) is 0.600. The molecular weight excluding hydrogens is 258 g/mol. The summed E-state index contributed by atoms with van der Waals surface area (Å²) in [6, 6.07) is 6.15. The minimum Gasteiger partial charge on any atom is -0.491 e. The molecule has 19 heavy (non-hydrogen) atoms. The van der Waals surface area contributed by atoms with Crippen molar-refractivity contribution in [1.82, 2.24) is 0 Å². The normalized spacial score (nSPS) is 19.4. The van der Waals surface area contributed by atoms with Crippen LogP contribution in [0, 0.1) is 0 Å². The van der Waals surface area contributed by atoms with Crippen LogP contribution in [-0.2, 0) is 11.3 Å². The van der Waals surface area contributed by atoms with Gasteiger partial charge in [0.15, 0.2) is 0 Å². The van der Waals surface area contributed by atoms with Gasteiger partial charge in [-0.15, -0.1) is 11.8 Å². The first-order valence-corrected chi connectivity index (χ1v) is 8.02. The average molecular weight is 281 g/mol. The third-order valence-electron chi connectivity index (χ3n) is 3.29. The SMILES string of the molecule is CCSc1cccc(OCC2CCCCO2)c1CN. The molecule has 0 radical (unpaired) electrons.